The van der Waals surface area contributed by atoms with Crippen LogP contribution in [0.25, 0.3) is 0 Å². The third kappa shape index (κ3) is 5.61. The molecule has 0 fully saturated rings. The van der Waals surface area contributed by atoms with Crippen molar-refractivity contribution in [2.75, 3.05) is 13.2 Å². The Labute approximate surface area is 151 Å². The summed E-state index contributed by atoms with van der Waals surface area (Å²) < 4.78 is 5.61. The van der Waals surface area contributed by atoms with Gasteiger partial charge in [0.05, 0.1) is 23.1 Å². The SMILES string of the molecule is C/C(=N\c1ccc(Cl)cc1C)NCCOc1ccc(Cl)cc1Cl. The fourth-order valence-corrected chi connectivity index (χ4v) is 2.64. The van der Waals surface area contributed by atoms with Crippen LogP contribution in [-0.2, 0) is 0 Å². The van der Waals surface area contributed by atoms with Crippen LogP contribution in [0.5, 0.6) is 5.75 Å². The molecule has 0 aliphatic heterocycles. The Hall–Kier alpha value is -1.42. The second-order valence-corrected chi connectivity index (χ2v) is 6.26. The normalized spacial score (nSPS) is 11.4. The molecule has 0 saturated heterocycles. The maximum absolute atomic E-state index is 6.04. The first kappa shape index (κ1) is 17.9. The molecule has 122 valence electrons. The van der Waals surface area contributed by atoms with Crippen molar-refractivity contribution in [3.8, 4) is 5.75 Å². The van der Waals surface area contributed by atoms with Crippen molar-refractivity contribution in [1.82, 2.24) is 5.32 Å². The third-order valence-electron chi connectivity index (χ3n) is 3.08. The Morgan fingerprint density at radius 2 is 1.78 bits per heavy atom. The van der Waals surface area contributed by atoms with Crippen LogP contribution in [0.3, 0.4) is 0 Å². The highest BCUT2D eigenvalue weighted by Crippen LogP contribution is 2.27. The third-order valence-corrected chi connectivity index (χ3v) is 3.85. The average molecular weight is 372 g/mol. The molecule has 0 aliphatic carbocycles. The molecule has 0 radical (unpaired) electrons. The molecular formula is C17H17Cl3N2O. The minimum Gasteiger partial charge on any atom is -0.490 e. The Balaban J connectivity index is 1.84. The standard InChI is InChI=1S/C17H17Cl3N2O/c1-11-9-13(18)3-5-16(11)22-12(2)21-7-8-23-17-6-4-14(19)10-15(17)20/h3-6,9-10H,7-8H2,1-2H3,(H,21,22). The van der Waals surface area contributed by atoms with E-state index in [0.717, 1.165) is 17.1 Å². The number of ether oxygens (including phenoxy) is 1. The maximum atomic E-state index is 6.04. The van der Waals surface area contributed by atoms with Crippen molar-refractivity contribution in [3.63, 3.8) is 0 Å². The van der Waals surface area contributed by atoms with Crippen LogP contribution in [0.15, 0.2) is 41.4 Å². The van der Waals surface area contributed by atoms with Crippen molar-refractivity contribution in [3.05, 3.63) is 57.0 Å². The zero-order chi connectivity index (χ0) is 16.8. The monoisotopic (exact) mass is 370 g/mol. The summed E-state index contributed by atoms with van der Waals surface area (Å²) in [6, 6.07) is 10.8. The molecule has 0 amide bonds. The van der Waals surface area contributed by atoms with Gasteiger partial charge in [0, 0.05) is 10.0 Å². The van der Waals surface area contributed by atoms with Gasteiger partial charge in [-0.3, -0.25) is 0 Å². The van der Waals surface area contributed by atoms with Crippen molar-refractivity contribution >= 4 is 46.3 Å². The Bertz CT molecular complexity index is 717. The van der Waals surface area contributed by atoms with Gasteiger partial charge in [0.2, 0.25) is 0 Å². The summed E-state index contributed by atoms with van der Waals surface area (Å²) in [7, 11) is 0. The number of hydrogen-bond acceptors (Lipinski definition) is 2. The lowest BCUT2D eigenvalue weighted by Crippen LogP contribution is -2.25. The lowest BCUT2D eigenvalue weighted by atomic mass is 10.2. The average Bonchev–Trinajstić information content (AvgIpc) is 2.48. The van der Waals surface area contributed by atoms with Gasteiger partial charge in [-0.1, -0.05) is 34.8 Å². The molecule has 6 heteroatoms. The predicted octanol–water partition coefficient (Wildman–Crippen LogP) is 5.67. The van der Waals surface area contributed by atoms with Crippen molar-refractivity contribution in [2.24, 2.45) is 4.99 Å². The van der Waals surface area contributed by atoms with E-state index in [-0.39, 0.29) is 0 Å². The number of nitrogens with one attached hydrogen (secondary N) is 1. The number of aryl methyl sites for hydroxylation is 1. The van der Waals surface area contributed by atoms with Gasteiger partial charge >= 0.3 is 0 Å². The summed E-state index contributed by atoms with van der Waals surface area (Å²) in [6.45, 7) is 4.96. The van der Waals surface area contributed by atoms with Gasteiger partial charge in [0.15, 0.2) is 0 Å². The summed E-state index contributed by atoms with van der Waals surface area (Å²) in [5.74, 6) is 1.42. The van der Waals surface area contributed by atoms with Crippen LogP contribution < -0.4 is 10.1 Å². The molecule has 0 atom stereocenters. The lowest BCUT2D eigenvalue weighted by molar-refractivity contribution is 0.322. The summed E-state index contributed by atoms with van der Waals surface area (Å²) >= 11 is 17.8. The summed E-state index contributed by atoms with van der Waals surface area (Å²) in [5.41, 5.74) is 1.92. The molecule has 23 heavy (non-hydrogen) atoms. The molecule has 2 aromatic rings. The molecule has 0 aliphatic rings. The van der Waals surface area contributed by atoms with Crippen LogP contribution in [0, 0.1) is 6.92 Å². The Morgan fingerprint density at radius 1 is 1.09 bits per heavy atom. The largest absolute Gasteiger partial charge is 0.490 e. The zero-order valence-corrected chi connectivity index (χ0v) is 15.1. The van der Waals surface area contributed by atoms with E-state index in [1.807, 2.05) is 32.0 Å². The van der Waals surface area contributed by atoms with E-state index >= 15 is 0 Å². The highest BCUT2D eigenvalue weighted by atomic mass is 35.5. The van der Waals surface area contributed by atoms with Gasteiger partial charge in [0.25, 0.3) is 0 Å². The number of rotatable bonds is 5. The summed E-state index contributed by atoms with van der Waals surface area (Å²) in [4.78, 5) is 4.52. The van der Waals surface area contributed by atoms with Crippen LogP contribution in [0.2, 0.25) is 15.1 Å². The number of benzene rings is 2. The Morgan fingerprint density at radius 3 is 2.48 bits per heavy atom. The van der Waals surface area contributed by atoms with Gasteiger partial charge in [-0.25, -0.2) is 4.99 Å². The van der Waals surface area contributed by atoms with Crippen LogP contribution >= 0.6 is 34.8 Å². The fraction of sp³-hybridized carbons (Fsp3) is 0.235. The second kappa shape index (κ2) is 8.44. The Kier molecular flexibility index (Phi) is 6.58. The molecule has 0 heterocycles. The topological polar surface area (TPSA) is 33.6 Å². The first-order chi connectivity index (χ1) is 11.0. The molecule has 0 unspecified atom stereocenters. The smallest absolute Gasteiger partial charge is 0.138 e. The second-order valence-electron chi connectivity index (χ2n) is 4.98. The van der Waals surface area contributed by atoms with Gasteiger partial charge in [0.1, 0.15) is 12.4 Å². The molecule has 2 aromatic carbocycles. The summed E-state index contributed by atoms with van der Waals surface area (Å²) in [6.07, 6.45) is 0. The highest BCUT2D eigenvalue weighted by molar-refractivity contribution is 6.35. The fourth-order valence-electron chi connectivity index (χ4n) is 1.95. The van der Waals surface area contributed by atoms with Gasteiger partial charge in [-0.05, 0) is 55.8 Å². The molecular weight excluding hydrogens is 355 g/mol. The van der Waals surface area contributed by atoms with Crippen molar-refractivity contribution in [1.29, 1.82) is 0 Å². The van der Waals surface area contributed by atoms with E-state index in [2.05, 4.69) is 10.3 Å². The number of amidine groups is 1. The van der Waals surface area contributed by atoms with Crippen LogP contribution in [0.4, 0.5) is 5.69 Å². The molecule has 2 rings (SSSR count). The maximum Gasteiger partial charge on any atom is 0.138 e. The molecule has 0 bridgehead atoms. The highest BCUT2D eigenvalue weighted by Gasteiger charge is 2.02. The number of hydrogen-bond donors (Lipinski definition) is 1. The van der Waals surface area contributed by atoms with Crippen LogP contribution in [0.1, 0.15) is 12.5 Å². The first-order valence-corrected chi connectivity index (χ1v) is 8.22. The van der Waals surface area contributed by atoms with E-state index in [9.17, 15) is 0 Å². The van der Waals surface area contributed by atoms with Crippen molar-refractivity contribution < 1.29 is 4.74 Å². The number of halogens is 3. The van der Waals surface area contributed by atoms with E-state index < -0.39 is 0 Å². The molecule has 0 spiro atoms. The van der Waals surface area contributed by atoms with Gasteiger partial charge in [-0.15, -0.1) is 0 Å². The first-order valence-electron chi connectivity index (χ1n) is 7.09. The minimum absolute atomic E-state index is 0.466. The number of nitrogens with zero attached hydrogens (tertiary/aromatic N) is 1. The minimum atomic E-state index is 0.466. The van der Waals surface area contributed by atoms with Crippen LogP contribution in [-0.4, -0.2) is 19.0 Å². The molecule has 3 nitrogen and oxygen atoms in total. The molecule has 1 N–H and O–H groups in total. The molecule has 0 aromatic heterocycles. The van der Waals surface area contributed by atoms with E-state index in [1.54, 1.807) is 18.2 Å². The van der Waals surface area contributed by atoms with E-state index in [1.165, 1.54) is 0 Å². The van der Waals surface area contributed by atoms with E-state index in [4.69, 9.17) is 39.5 Å². The van der Waals surface area contributed by atoms with Gasteiger partial charge < -0.3 is 10.1 Å². The van der Waals surface area contributed by atoms with Crippen molar-refractivity contribution in [2.45, 2.75) is 13.8 Å². The molecule has 0 saturated carbocycles. The summed E-state index contributed by atoms with van der Waals surface area (Å²) in [5, 5.41) is 4.99. The number of aliphatic imine (C=N–C) groups is 1. The predicted molar refractivity (Wildman–Crippen MR) is 98.9 cm³/mol. The zero-order valence-electron chi connectivity index (χ0n) is 12.9. The lowest BCUT2D eigenvalue weighted by Gasteiger charge is -2.10. The quantitative estimate of drug-likeness (QED) is 0.417. The van der Waals surface area contributed by atoms with Gasteiger partial charge in [-0.2, -0.15) is 0 Å². The van der Waals surface area contributed by atoms with E-state index in [0.29, 0.717) is 34.0 Å².